The molecule has 0 saturated heterocycles. The van der Waals surface area contributed by atoms with Crippen LogP contribution in [-0.2, 0) is 4.74 Å². The summed E-state index contributed by atoms with van der Waals surface area (Å²) in [5.74, 6) is 0.778. The van der Waals surface area contributed by atoms with Crippen LogP contribution in [0.5, 0.6) is 0 Å². The van der Waals surface area contributed by atoms with Crippen molar-refractivity contribution in [3.63, 3.8) is 0 Å². The summed E-state index contributed by atoms with van der Waals surface area (Å²) in [6.07, 6.45) is 5.14. The number of methoxy groups -OCH3 is 1. The molecule has 2 aromatic rings. The Morgan fingerprint density at radius 2 is 2.24 bits per heavy atom. The number of carbonyl (C=O) groups is 1. The van der Waals surface area contributed by atoms with E-state index in [4.69, 9.17) is 16.3 Å². The lowest BCUT2D eigenvalue weighted by molar-refractivity contribution is 0.0600. The van der Waals surface area contributed by atoms with Gasteiger partial charge in [-0.1, -0.05) is 31.9 Å². The van der Waals surface area contributed by atoms with Crippen molar-refractivity contribution in [3.05, 3.63) is 28.7 Å². The van der Waals surface area contributed by atoms with Gasteiger partial charge in [-0.15, -0.1) is 10.2 Å². The van der Waals surface area contributed by atoms with E-state index in [1.807, 2.05) is 4.40 Å². The molecule has 0 aliphatic heterocycles. The largest absolute Gasteiger partial charge is 0.465 e. The van der Waals surface area contributed by atoms with Crippen LogP contribution >= 0.6 is 11.6 Å². The molecule has 1 fully saturated rings. The van der Waals surface area contributed by atoms with E-state index in [0.29, 0.717) is 22.2 Å². The van der Waals surface area contributed by atoms with Crippen molar-refractivity contribution in [3.8, 4) is 0 Å². The molecule has 0 spiro atoms. The molecular weight excluding hydrogens is 290 g/mol. The zero-order valence-corrected chi connectivity index (χ0v) is 13.1. The van der Waals surface area contributed by atoms with E-state index in [-0.39, 0.29) is 5.41 Å². The molecule has 0 amide bonds. The Bertz CT molecular complexity index is 708. The number of hydrogen-bond donors (Lipinski definition) is 0. The number of esters is 1. The maximum atomic E-state index is 11.8. The van der Waals surface area contributed by atoms with Crippen LogP contribution < -0.4 is 0 Å². The van der Waals surface area contributed by atoms with Crippen LogP contribution in [0, 0.1) is 5.41 Å². The second-order valence-corrected chi connectivity index (χ2v) is 6.66. The first-order valence-corrected chi connectivity index (χ1v) is 7.44. The number of carbonyl (C=O) groups excluding carboxylic acids is 1. The smallest absolute Gasteiger partial charge is 0.339 e. The molecule has 1 saturated carbocycles. The predicted octanol–water partition coefficient (Wildman–Crippen LogP) is 3.46. The van der Waals surface area contributed by atoms with Crippen molar-refractivity contribution in [2.24, 2.45) is 5.41 Å². The number of hydrogen-bond acceptors (Lipinski definition) is 4. The average molecular weight is 308 g/mol. The van der Waals surface area contributed by atoms with Crippen LogP contribution in [-0.4, -0.2) is 27.7 Å². The second kappa shape index (κ2) is 4.98. The maximum absolute atomic E-state index is 11.8. The lowest BCUT2D eigenvalue weighted by atomic mass is 9.81. The summed E-state index contributed by atoms with van der Waals surface area (Å²) in [5.41, 5.74) is 1.17. The van der Waals surface area contributed by atoms with Crippen LogP contribution in [0.1, 0.15) is 55.2 Å². The quantitative estimate of drug-likeness (QED) is 0.797. The van der Waals surface area contributed by atoms with Gasteiger partial charge in [0.15, 0.2) is 5.65 Å². The fraction of sp³-hybridized carbons (Fsp3) is 0.533. The van der Waals surface area contributed by atoms with Crippen LogP contribution in [0.3, 0.4) is 0 Å². The van der Waals surface area contributed by atoms with E-state index in [0.717, 1.165) is 18.7 Å². The predicted molar refractivity (Wildman–Crippen MR) is 79.7 cm³/mol. The Morgan fingerprint density at radius 1 is 1.48 bits per heavy atom. The van der Waals surface area contributed by atoms with Gasteiger partial charge < -0.3 is 4.74 Å². The molecule has 1 aliphatic carbocycles. The van der Waals surface area contributed by atoms with Gasteiger partial charge in [-0.3, -0.25) is 4.40 Å². The minimum absolute atomic E-state index is 0.177. The molecular formula is C15H18ClN3O2. The van der Waals surface area contributed by atoms with Crippen molar-refractivity contribution in [1.29, 1.82) is 0 Å². The third kappa shape index (κ3) is 2.29. The summed E-state index contributed by atoms with van der Waals surface area (Å²) in [6, 6.07) is 1.57. The summed E-state index contributed by atoms with van der Waals surface area (Å²) in [7, 11) is 1.35. The first kappa shape index (κ1) is 14.3. The summed E-state index contributed by atoms with van der Waals surface area (Å²) < 4.78 is 6.61. The number of rotatable bonds is 2. The lowest BCUT2D eigenvalue weighted by Crippen LogP contribution is -2.18. The highest BCUT2D eigenvalue weighted by atomic mass is 35.5. The topological polar surface area (TPSA) is 56.5 Å². The second-order valence-electron chi connectivity index (χ2n) is 6.25. The summed E-state index contributed by atoms with van der Waals surface area (Å²) in [6.45, 7) is 4.50. The molecule has 2 heterocycles. The SMILES string of the molecule is COC(=O)c1cc(Cl)c2nnc(C3CCCC3(C)C)n2c1. The molecule has 5 nitrogen and oxygen atoms in total. The fourth-order valence-corrected chi connectivity index (χ4v) is 3.49. The van der Waals surface area contributed by atoms with E-state index >= 15 is 0 Å². The van der Waals surface area contributed by atoms with Gasteiger partial charge in [0.2, 0.25) is 0 Å². The Kier molecular flexibility index (Phi) is 3.40. The number of halogens is 1. The van der Waals surface area contributed by atoms with E-state index in [1.54, 1.807) is 12.3 Å². The summed E-state index contributed by atoms with van der Waals surface area (Å²) in [4.78, 5) is 11.8. The number of pyridine rings is 1. The van der Waals surface area contributed by atoms with Crippen molar-refractivity contribution in [2.75, 3.05) is 7.11 Å². The van der Waals surface area contributed by atoms with Gasteiger partial charge in [0, 0.05) is 12.1 Å². The van der Waals surface area contributed by atoms with Crippen molar-refractivity contribution < 1.29 is 9.53 Å². The highest BCUT2D eigenvalue weighted by Gasteiger charge is 2.38. The standard InChI is InChI=1S/C15H18ClN3O2/c1-15(2)6-4-5-10(15)12-17-18-13-11(16)7-9(8-19(12)13)14(20)21-3/h7-8,10H,4-6H2,1-3H3. The van der Waals surface area contributed by atoms with Gasteiger partial charge in [0.05, 0.1) is 17.7 Å². The Labute approximate surface area is 128 Å². The first-order valence-electron chi connectivity index (χ1n) is 7.06. The van der Waals surface area contributed by atoms with E-state index in [1.165, 1.54) is 13.5 Å². The van der Waals surface area contributed by atoms with Crippen LogP contribution in [0.25, 0.3) is 5.65 Å². The molecule has 0 bridgehead atoms. The third-order valence-electron chi connectivity index (χ3n) is 4.48. The first-order chi connectivity index (χ1) is 9.94. The Hall–Kier alpha value is -1.62. The average Bonchev–Trinajstić information content (AvgIpc) is 3.00. The van der Waals surface area contributed by atoms with Gasteiger partial charge in [-0.05, 0) is 24.3 Å². The zero-order valence-electron chi connectivity index (χ0n) is 12.4. The minimum atomic E-state index is -0.413. The monoisotopic (exact) mass is 307 g/mol. The maximum Gasteiger partial charge on any atom is 0.339 e. The van der Waals surface area contributed by atoms with Gasteiger partial charge in [0.1, 0.15) is 5.82 Å². The van der Waals surface area contributed by atoms with Crippen LogP contribution in [0.2, 0.25) is 5.02 Å². The molecule has 21 heavy (non-hydrogen) atoms. The summed E-state index contributed by atoms with van der Waals surface area (Å²) >= 11 is 6.22. The van der Waals surface area contributed by atoms with Gasteiger partial charge in [-0.25, -0.2) is 4.79 Å². The third-order valence-corrected chi connectivity index (χ3v) is 4.75. The Morgan fingerprint density at radius 3 is 2.86 bits per heavy atom. The molecule has 112 valence electrons. The van der Waals surface area contributed by atoms with Crippen molar-refractivity contribution in [2.45, 2.75) is 39.0 Å². The van der Waals surface area contributed by atoms with Gasteiger partial charge in [0.25, 0.3) is 0 Å². The molecule has 1 atom stereocenters. The van der Waals surface area contributed by atoms with Crippen LogP contribution in [0.4, 0.5) is 0 Å². The van der Waals surface area contributed by atoms with Crippen molar-refractivity contribution in [1.82, 2.24) is 14.6 Å². The highest BCUT2D eigenvalue weighted by Crippen LogP contribution is 2.48. The molecule has 0 radical (unpaired) electrons. The molecule has 3 rings (SSSR count). The van der Waals surface area contributed by atoms with Gasteiger partial charge in [-0.2, -0.15) is 0 Å². The number of ether oxygens (including phenoxy) is 1. The molecule has 6 heteroatoms. The zero-order chi connectivity index (χ0) is 15.2. The summed E-state index contributed by atoms with van der Waals surface area (Å²) in [5, 5.41) is 8.93. The Balaban J connectivity index is 2.16. The minimum Gasteiger partial charge on any atom is -0.465 e. The lowest BCUT2D eigenvalue weighted by Gasteiger charge is -2.25. The van der Waals surface area contributed by atoms with Crippen molar-refractivity contribution >= 4 is 23.2 Å². The van der Waals surface area contributed by atoms with E-state index in [2.05, 4.69) is 24.0 Å². The van der Waals surface area contributed by atoms with Crippen LogP contribution in [0.15, 0.2) is 12.3 Å². The molecule has 0 N–H and O–H groups in total. The highest BCUT2D eigenvalue weighted by molar-refractivity contribution is 6.33. The molecule has 1 unspecified atom stereocenters. The molecule has 1 aliphatic rings. The molecule has 2 aromatic heterocycles. The number of aromatic nitrogens is 3. The number of nitrogens with zero attached hydrogens (tertiary/aromatic N) is 3. The number of fused-ring (bicyclic) bond motifs is 1. The fourth-order valence-electron chi connectivity index (χ4n) is 3.24. The normalized spacial score (nSPS) is 20.9. The van der Waals surface area contributed by atoms with E-state index in [9.17, 15) is 4.79 Å². The van der Waals surface area contributed by atoms with E-state index < -0.39 is 5.97 Å². The molecule has 0 aromatic carbocycles. The van der Waals surface area contributed by atoms with Gasteiger partial charge >= 0.3 is 5.97 Å².